The lowest BCUT2D eigenvalue weighted by Crippen LogP contribution is -2.30. The fourth-order valence-electron chi connectivity index (χ4n) is 2.59. The number of rotatable bonds is 8. The molecule has 5 nitrogen and oxygen atoms in total. The van der Waals surface area contributed by atoms with Crippen LogP contribution in [0.4, 0.5) is 5.82 Å². The molecule has 1 aromatic heterocycles. The maximum atomic E-state index is 11.8. The van der Waals surface area contributed by atoms with Gasteiger partial charge in [-0.1, -0.05) is 6.07 Å². The molecule has 0 radical (unpaired) electrons. The van der Waals surface area contributed by atoms with Crippen LogP contribution in [0.15, 0.2) is 24.4 Å². The summed E-state index contributed by atoms with van der Waals surface area (Å²) in [5.74, 6) is 1.80. The van der Waals surface area contributed by atoms with Crippen molar-refractivity contribution in [2.75, 3.05) is 31.5 Å². The molecular formula is C16H28Cl2N4O. The number of carbonyl (C=O) groups excluding carboxylic acids is 1. The molecule has 1 aliphatic rings. The number of aromatic nitrogens is 1. The molecule has 0 spiro atoms. The van der Waals surface area contributed by atoms with E-state index in [1.807, 2.05) is 18.2 Å². The van der Waals surface area contributed by atoms with E-state index in [1.54, 1.807) is 6.20 Å². The average Bonchev–Trinajstić information content (AvgIpc) is 2.54. The second-order valence-electron chi connectivity index (χ2n) is 5.58. The minimum Gasteiger partial charge on any atom is -0.370 e. The van der Waals surface area contributed by atoms with Crippen molar-refractivity contribution in [3.05, 3.63) is 24.4 Å². The van der Waals surface area contributed by atoms with Crippen molar-refractivity contribution in [2.45, 2.75) is 32.1 Å². The highest BCUT2D eigenvalue weighted by atomic mass is 35.5. The van der Waals surface area contributed by atoms with Crippen LogP contribution in [0, 0.1) is 5.92 Å². The van der Waals surface area contributed by atoms with Crippen molar-refractivity contribution in [3.8, 4) is 0 Å². The molecule has 132 valence electrons. The number of anilines is 1. The standard InChI is InChI=1S/C16H26N4O.2ClH/c21-16(6-5-14-7-12-17-13-8-14)20-11-3-10-19-15-4-1-2-9-18-15;;/h1-2,4,9,14,17H,3,5-8,10-13H2,(H,18,19)(H,20,21);2*1H. The van der Waals surface area contributed by atoms with E-state index in [-0.39, 0.29) is 30.7 Å². The Morgan fingerprint density at radius 3 is 2.70 bits per heavy atom. The molecule has 2 rings (SSSR count). The number of hydrogen-bond donors (Lipinski definition) is 3. The Bertz CT molecular complexity index is 414. The number of pyridine rings is 1. The van der Waals surface area contributed by atoms with Crippen molar-refractivity contribution in [1.29, 1.82) is 0 Å². The largest absolute Gasteiger partial charge is 0.370 e. The number of nitrogens with one attached hydrogen (secondary N) is 3. The number of carbonyl (C=O) groups is 1. The third kappa shape index (κ3) is 9.64. The van der Waals surface area contributed by atoms with Crippen molar-refractivity contribution < 1.29 is 4.79 Å². The highest BCUT2D eigenvalue weighted by Crippen LogP contribution is 2.17. The minimum atomic E-state index is 0. The highest BCUT2D eigenvalue weighted by Gasteiger charge is 2.14. The maximum absolute atomic E-state index is 11.8. The zero-order valence-corrected chi connectivity index (χ0v) is 15.1. The van der Waals surface area contributed by atoms with Crippen LogP contribution in [0.5, 0.6) is 0 Å². The van der Waals surface area contributed by atoms with Crippen LogP contribution in [0.25, 0.3) is 0 Å². The highest BCUT2D eigenvalue weighted by molar-refractivity contribution is 5.85. The van der Waals surface area contributed by atoms with Crippen LogP contribution in [0.3, 0.4) is 0 Å². The van der Waals surface area contributed by atoms with Gasteiger partial charge in [0.05, 0.1) is 0 Å². The van der Waals surface area contributed by atoms with Crippen LogP contribution >= 0.6 is 24.8 Å². The Morgan fingerprint density at radius 1 is 1.22 bits per heavy atom. The third-order valence-corrected chi connectivity index (χ3v) is 3.89. The van der Waals surface area contributed by atoms with Gasteiger partial charge in [0.25, 0.3) is 0 Å². The molecule has 0 saturated carbocycles. The van der Waals surface area contributed by atoms with Gasteiger partial charge in [0.15, 0.2) is 0 Å². The first-order valence-electron chi connectivity index (χ1n) is 7.97. The van der Waals surface area contributed by atoms with Gasteiger partial charge in [0.2, 0.25) is 5.91 Å². The summed E-state index contributed by atoms with van der Waals surface area (Å²) in [6.07, 6.45) is 6.79. The van der Waals surface area contributed by atoms with Gasteiger partial charge in [-0.3, -0.25) is 4.79 Å². The van der Waals surface area contributed by atoms with Gasteiger partial charge in [-0.25, -0.2) is 4.98 Å². The molecule has 0 atom stereocenters. The van der Waals surface area contributed by atoms with Crippen molar-refractivity contribution >= 4 is 36.5 Å². The summed E-state index contributed by atoms with van der Waals surface area (Å²) in [5.41, 5.74) is 0. The zero-order valence-electron chi connectivity index (χ0n) is 13.4. The number of piperidine rings is 1. The normalized spacial score (nSPS) is 14.3. The van der Waals surface area contributed by atoms with E-state index in [0.717, 1.165) is 50.8 Å². The SMILES string of the molecule is Cl.Cl.O=C(CCC1CCNCC1)NCCCNc1ccccn1. The Morgan fingerprint density at radius 2 is 2.00 bits per heavy atom. The summed E-state index contributed by atoms with van der Waals surface area (Å²) in [6.45, 7) is 3.76. The lowest BCUT2D eigenvalue weighted by atomic mass is 9.93. The molecule has 0 bridgehead atoms. The quantitative estimate of drug-likeness (QED) is 0.622. The monoisotopic (exact) mass is 362 g/mol. The number of halogens is 2. The molecule has 1 aromatic rings. The zero-order chi connectivity index (χ0) is 14.8. The molecular weight excluding hydrogens is 335 g/mol. The summed E-state index contributed by atoms with van der Waals surface area (Å²) in [4.78, 5) is 15.9. The Balaban J connectivity index is 0.00000242. The predicted molar refractivity (Wildman–Crippen MR) is 99.7 cm³/mol. The molecule has 0 aliphatic carbocycles. The molecule has 1 amide bonds. The van der Waals surface area contributed by atoms with E-state index in [9.17, 15) is 4.79 Å². The topological polar surface area (TPSA) is 66.1 Å². The minimum absolute atomic E-state index is 0. The lowest BCUT2D eigenvalue weighted by molar-refractivity contribution is -0.121. The first-order chi connectivity index (χ1) is 10.3. The second kappa shape index (κ2) is 13.4. The third-order valence-electron chi connectivity index (χ3n) is 3.89. The van der Waals surface area contributed by atoms with E-state index < -0.39 is 0 Å². The predicted octanol–water partition coefficient (Wildman–Crippen LogP) is 2.62. The Hall–Kier alpha value is -1.04. The fourth-order valence-corrected chi connectivity index (χ4v) is 2.59. The van der Waals surface area contributed by atoms with Gasteiger partial charge in [0, 0.05) is 25.7 Å². The van der Waals surface area contributed by atoms with E-state index >= 15 is 0 Å². The molecule has 0 aromatic carbocycles. The van der Waals surface area contributed by atoms with Gasteiger partial charge in [0.1, 0.15) is 5.82 Å². The molecule has 1 fully saturated rings. The second-order valence-corrected chi connectivity index (χ2v) is 5.58. The Labute approximate surface area is 151 Å². The number of hydrogen-bond acceptors (Lipinski definition) is 4. The fraction of sp³-hybridized carbons (Fsp3) is 0.625. The first kappa shape index (κ1) is 22.0. The number of amides is 1. The van der Waals surface area contributed by atoms with Crippen LogP contribution in [0.1, 0.15) is 32.1 Å². The van der Waals surface area contributed by atoms with Crippen LogP contribution in [-0.2, 0) is 4.79 Å². The van der Waals surface area contributed by atoms with Gasteiger partial charge >= 0.3 is 0 Å². The summed E-state index contributed by atoms with van der Waals surface area (Å²) < 4.78 is 0. The van der Waals surface area contributed by atoms with Crippen LogP contribution in [0.2, 0.25) is 0 Å². The van der Waals surface area contributed by atoms with Crippen molar-refractivity contribution in [3.63, 3.8) is 0 Å². The van der Waals surface area contributed by atoms with Crippen molar-refractivity contribution in [1.82, 2.24) is 15.6 Å². The maximum Gasteiger partial charge on any atom is 0.220 e. The molecule has 3 N–H and O–H groups in total. The molecule has 2 heterocycles. The van der Waals surface area contributed by atoms with Gasteiger partial charge < -0.3 is 16.0 Å². The Kier molecular flexibility index (Phi) is 12.8. The molecule has 23 heavy (non-hydrogen) atoms. The molecule has 7 heteroatoms. The number of nitrogens with zero attached hydrogens (tertiary/aromatic N) is 1. The van der Waals surface area contributed by atoms with E-state index in [0.29, 0.717) is 6.42 Å². The van der Waals surface area contributed by atoms with E-state index in [1.165, 1.54) is 12.8 Å². The summed E-state index contributed by atoms with van der Waals surface area (Å²) >= 11 is 0. The van der Waals surface area contributed by atoms with Crippen LogP contribution < -0.4 is 16.0 Å². The summed E-state index contributed by atoms with van der Waals surface area (Å²) in [7, 11) is 0. The van der Waals surface area contributed by atoms with Gasteiger partial charge in [-0.05, 0) is 56.8 Å². The molecule has 0 unspecified atom stereocenters. The van der Waals surface area contributed by atoms with Crippen molar-refractivity contribution in [2.24, 2.45) is 5.92 Å². The first-order valence-corrected chi connectivity index (χ1v) is 7.97. The van der Waals surface area contributed by atoms with E-state index in [2.05, 4.69) is 20.9 Å². The molecule has 1 saturated heterocycles. The van der Waals surface area contributed by atoms with E-state index in [4.69, 9.17) is 0 Å². The lowest BCUT2D eigenvalue weighted by Gasteiger charge is -2.22. The summed E-state index contributed by atoms with van der Waals surface area (Å²) in [5, 5.41) is 9.58. The molecule has 1 aliphatic heterocycles. The smallest absolute Gasteiger partial charge is 0.220 e. The van der Waals surface area contributed by atoms with Gasteiger partial charge in [-0.2, -0.15) is 0 Å². The summed E-state index contributed by atoms with van der Waals surface area (Å²) in [6, 6.07) is 5.79. The van der Waals surface area contributed by atoms with Crippen LogP contribution in [-0.4, -0.2) is 37.1 Å². The average molecular weight is 363 g/mol. The van der Waals surface area contributed by atoms with Gasteiger partial charge in [-0.15, -0.1) is 24.8 Å².